The molecule has 1 aromatic heterocycles. The van der Waals surface area contributed by atoms with Gasteiger partial charge < -0.3 is 14.9 Å². The van der Waals surface area contributed by atoms with Crippen LogP contribution in [0.5, 0.6) is 0 Å². The summed E-state index contributed by atoms with van der Waals surface area (Å²) in [4.78, 5) is 14.1. The first-order valence-electron chi connectivity index (χ1n) is 9.75. The van der Waals surface area contributed by atoms with E-state index >= 15 is 0 Å². The molecule has 0 radical (unpaired) electrons. The summed E-state index contributed by atoms with van der Waals surface area (Å²) in [6, 6.07) is 4.22. The van der Waals surface area contributed by atoms with Crippen molar-refractivity contribution in [1.82, 2.24) is 15.1 Å². The summed E-state index contributed by atoms with van der Waals surface area (Å²) in [5, 5.41) is 15.8. The first kappa shape index (κ1) is 20.8. The fourth-order valence-corrected chi connectivity index (χ4v) is 4.15. The molecular weight excluding hydrogens is 373 g/mol. The third kappa shape index (κ3) is 5.56. The second-order valence-electron chi connectivity index (χ2n) is 8.29. The van der Waals surface area contributed by atoms with Gasteiger partial charge in [0.15, 0.2) is 5.82 Å². The van der Waals surface area contributed by atoms with Gasteiger partial charge in [-0.3, -0.25) is 0 Å². The number of alkyl halides is 3. The first-order chi connectivity index (χ1) is 13.2. The zero-order valence-electron chi connectivity index (χ0n) is 16.1. The molecule has 3 aliphatic rings. The molecule has 1 unspecified atom stereocenters. The lowest BCUT2D eigenvalue weighted by atomic mass is 9.79. The minimum Gasteiger partial charge on any atom is -0.475 e. The molecule has 1 N–H and O–H groups in total. The molecule has 1 spiro atoms. The average molecular weight is 400 g/mol. The molecule has 1 aromatic rings. The predicted octanol–water partition coefficient (Wildman–Crippen LogP) is 3.12. The highest BCUT2D eigenvalue weighted by atomic mass is 19.4. The maximum absolute atomic E-state index is 10.6. The van der Waals surface area contributed by atoms with E-state index in [9.17, 15) is 13.2 Å². The Labute approximate surface area is 162 Å². The third-order valence-electron chi connectivity index (χ3n) is 5.74. The van der Waals surface area contributed by atoms with Gasteiger partial charge in [0.2, 0.25) is 0 Å². The van der Waals surface area contributed by atoms with Crippen LogP contribution in [0.1, 0.15) is 37.8 Å². The molecule has 156 valence electrons. The van der Waals surface area contributed by atoms with Crippen LogP contribution < -0.4 is 4.90 Å². The molecule has 0 amide bonds. The van der Waals surface area contributed by atoms with Gasteiger partial charge >= 0.3 is 12.1 Å². The third-order valence-corrected chi connectivity index (χ3v) is 5.74. The van der Waals surface area contributed by atoms with Crippen LogP contribution in [0.15, 0.2) is 12.1 Å². The van der Waals surface area contributed by atoms with Gasteiger partial charge in [-0.1, -0.05) is 0 Å². The number of likely N-dealkylation sites (tertiary alicyclic amines) is 1. The molecule has 6 nitrogen and oxygen atoms in total. The van der Waals surface area contributed by atoms with Crippen molar-refractivity contribution in [2.45, 2.75) is 45.2 Å². The predicted molar refractivity (Wildman–Crippen MR) is 98.1 cm³/mol. The molecule has 2 saturated heterocycles. The van der Waals surface area contributed by atoms with E-state index in [2.05, 4.69) is 32.1 Å². The fraction of sp³-hybridized carbons (Fsp3) is 0.737. The van der Waals surface area contributed by atoms with E-state index in [0.29, 0.717) is 5.41 Å². The summed E-state index contributed by atoms with van der Waals surface area (Å²) in [5.41, 5.74) is 1.52. The molecule has 9 heteroatoms. The minimum absolute atomic E-state index is 0.514. The summed E-state index contributed by atoms with van der Waals surface area (Å²) in [5.74, 6) is -0.671. The van der Waals surface area contributed by atoms with Crippen molar-refractivity contribution in [1.29, 1.82) is 0 Å². The lowest BCUT2D eigenvalue weighted by Gasteiger charge is -2.41. The Balaban J connectivity index is 0.000000279. The molecule has 1 aliphatic carbocycles. The van der Waals surface area contributed by atoms with Gasteiger partial charge in [0.05, 0.1) is 5.69 Å². The summed E-state index contributed by atoms with van der Waals surface area (Å²) in [7, 11) is 0. The summed E-state index contributed by atoms with van der Waals surface area (Å²) in [6.45, 7) is 8.28. The van der Waals surface area contributed by atoms with Gasteiger partial charge in [-0.2, -0.15) is 18.3 Å². The van der Waals surface area contributed by atoms with Crippen LogP contribution in [0.3, 0.4) is 0 Å². The number of carboxylic acid groups (broad SMARTS) is 1. The van der Waals surface area contributed by atoms with Crippen LogP contribution in [0.2, 0.25) is 0 Å². The van der Waals surface area contributed by atoms with E-state index in [-0.39, 0.29) is 0 Å². The van der Waals surface area contributed by atoms with Crippen LogP contribution in [0.25, 0.3) is 0 Å². The van der Waals surface area contributed by atoms with E-state index in [1.54, 1.807) is 0 Å². The number of anilines is 1. The number of hydrogen-bond acceptors (Lipinski definition) is 5. The van der Waals surface area contributed by atoms with Crippen LogP contribution in [0.4, 0.5) is 19.0 Å². The van der Waals surface area contributed by atoms with Crippen molar-refractivity contribution in [3.05, 3.63) is 17.8 Å². The molecule has 28 heavy (non-hydrogen) atoms. The van der Waals surface area contributed by atoms with Crippen molar-refractivity contribution in [2.75, 3.05) is 37.6 Å². The van der Waals surface area contributed by atoms with Crippen molar-refractivity contribution in [3.8, 4) is 0 Å². The fourth-order valence-electron chi connectivity index (χ4n) is 4.15. The Morgan fingerprint density at radius 1 is 1.21 bits per heavy atom. The first-order valence-corrected chi connectivity index (χ1v) is 9.75. The zero-order chi connectivity index (χ0) is 20.4. The summed E-state index contributed by atoms with van der Waals surface area (Å²) >= 11 is 0. The Morgan fingerprint density at radius 2 is 1.93 bits per heavy atom. The Hall–Kier alpha value is -1.90. The molecule has 2 aliphatic heterocycles. The second kappa shape index (κ2) is 8.23. The van der Waals surface area contributed by atoms with Gasteiger partial charge in [0.1, 0.15) is 0 Å². The number of carboxylic acids is 1. The number of halogens is 3. The highest BCUT2D eigenvalue weighted by molar-refractivity contribution is 5.73. The monoisotopic (exact) mass is 400 g/mol. The summed E-state index contributed by atoms with van der Waals surface area (Å²) in [6.07, 6.45) is 1.91. The smallest absolute Gasteiger partial charge is 0.475 e. The van der Waals surface area contributed by atoms with Crippen LogP contribution >= 0.6 is 0 Å². The lowest BCUT2D eigenvalue weighted by molar-refractivity contribution is -0.192. The second-order valence-corrected chi connectivity index (χ2v) is 8.29. The molecule has 4 rings (SSSR count). The molecule has 3 fully saturated rings. The summed E-state index contributed by atoms with van der Waals surface area (Å²) < 4.78 is 31.7. The number of aryl methyl sites for hydroxylation is 1. The van der Waals surface area contributed by atoms with E-state index in [1.165, 1.54) is 58.3 Å². The van der Waals surface area contributed by atoms with E-state index in [0.717, 1.165) is 24.0 Å². The SMILES string of the molecule is Cc1ccc(N2CCCC3(CCN(CC4CC4)C3)C2)nn1.O=C(O)C(F)(F)F. The van der Waals surface area contributed by atoms with Crippen LogP contribution in [-0.4, -0.2) is 65.1 Å². The Morgan fingerprint density at radius 3 is 2.50 bits per heavy atom. The molecule has 1 atom stereocenters. The Kier molecular flexibility index (Phi) is 6.12. The molecule has 0 bridgehead atoms. The van der Waals surface area contributed by atoms with Gasteiger partial charge in [0.25, 0.3) is 0 Å². The van der Waals surface area contributed by atoms with Crippen molar-refractivity contribution in [3.63, 3.8) is 0 Å². The van der Waals surface area contributed by atoms with E-state index in [1.807, 2.05) is 6.92 Å². The number of nitrogens with zero attached hydrogens (tertiary/aromatic N) is 4. The van der Waals surface area contributed by atoms with Crippen LogP contribution in [-0.2, 0) is 4.79 Å². The molecule has 3 heterocycles. The number of carbonyl (C=O) groups is 1. The van der Waals surface area contributed by atoms with Crippen LogP contribution in [0, 0.1) is 18.3 Å². The molecular formula is C19H27F3N4O2. The topological polar surface area (TPSA) is 69.6 Å². The Bertz CT molecular complexity index is 679. The number of aliphatic carboxylic acids is 1. The normalized spacial score (nSPS) is 25.5. The maximum atomic E-state index is 10.6. The van der Waals surface area contributed by atoms with Gasteiger partial charge in [0, 0.05) is 31.6 Å². The number of piperidine rings is 1. The zero-order valence-corrected chi connectivity index (χ0v) is 16.1. The quantitative estimate of drug-likeness (QED) is 0.841. The lowest BCUT2D eigenvalue weighted by Crippen LogP contribution is -2.45. The van der Waals surface area contributed by atoms with E-state index < -0.39 is 12.1 Å². The van der Waals surface area contributed by atoms with Crippen molar-refractivity contribution < 1.29 is 23.1 Å². The molecule has 1 saturated carbocycles. The number of rotatable bonds is 3. The van der Waals surface area contributed by atoms with Crippen molar-refractivity contribution >= 4 is 11.8 Å². The number of aromatic nitrogens is 2. The van der Waals surface area contributed by atoms with Gasteiger partial charge in [-0.15, -0.1) is 5.10 Å². The highest BCUT2D eigenvalue weighted by Crippen LogP contribution is 2.41. The van der Waals surface area contributed by atoms with Crippen molar-refractivity contribution in [2.24, 2.45) is 11.3 Å². The minimum atomic E-state index is -5.08. The van der Waals surface area contributed by atoms with E-state index in [4.69, 9.17) is 9.90 Å². The molecule has 0 aromatic carbocycles. The standard InChI is InChI=1S/C17H26N4.C2HF3O2/c1-14-3-6-16(19-18-14)21-9-2-7-17(13-21)8-10-20(12-17)11-15-4-5-15;3-2(4,5)1(6)7/h3,6,15H,2,4-5,7-13H2,1H3;(H,6,7). The van der Waals surface area contributed by atoms with Gasteiger partial charge in [-0.05, 0) is 63.6 Å². The highest BCUT2D eigenvalue weighted by Gasteiger charge is 2.42. The average Bonchev–Trinajstić information content (AvgIpc) is 3.37. The largest absolute Gasteiger partial charge is 0.490 e. The maximum Gasteiger partial charge on any atom is 0.490 e. The number of hydrogen-bond donors (Lipinski definition) is 1. The van der Waals surface area contributed by atoms with Gasteiger partial charge in [-0.25, -0.2) is 4.79 Å².